The van der Waals surface area contributed by atoms with Crippen LogP contribution in [0.5, 0.6) is 5.75 Å². The third-order valence-electron chi connectivity index (χ3n) is 3.60. The van der Waals surface area contributed by atoms with Gasteiger partial charge in [-0.25, -0.2) is 0 Å². The van der Waals surface area contributed by atoms with Crippen molar-refractivity contribution in [1.29, 1.82) is 0 Å². The van der Waals surface area contributed by atoms with Crippen LogP contribution in [-0.4, -0.2) is 22.0 Å². The van der Waals surface area contributed by atoms with Gasteiger partial charge in [-0.1, -0.05) is 41.9 Å². The second kappa shape index (κ2) is 7.76. The molecule has 26 heavy (non-hydrogen) atoms. The topological polar surface area (TPSA) is 63.7 Å². The molecule has 0 N–H and O–H groups in total. The fourth-order valence-corrected chi connectivity index (χ4v) is 3.42. The first-order valence-corrected chi connectivity index (χ1v) is 8.91. The van der Waals surface area contributed by atoms with Crippen LogP contribution in [0.2, 0.25) is 5.02 Å². The Morgan fingerprint density at radius 1 is 1.15 bits per heavy atom. The number of benzene rings is 2. The number of ether oxygens (including phenoxy) is 1. The van der Waals surface area contributed by atoms with E-state index in [0.29, 0.717) is 21.2 Å². The molecule has 0 aliphatic carbocycles. The third-order valence-corrected chi connectivity index (χ3v) is 4.88. The Kier molecular flexibility index (Phi) is 5.44. The van der Waals surface area contributed by atoms with E-state index in [-0.39, 0.29) is 17.7 Å². The molecular formula is C19H14ClNO4S. The lowest BCUT2D eigenvalue weighted by atomic mass is 10.2. The Morgan fingerprint density at radius 2 is 1.85 bits per heavy atom. The number of rotatable bonds is 4. The summed E-state index contributed by atoms with van der Waals surface area (Å²) < 4.78 is 4.97. The third kappa shape index (κ3) is 4.15. The molecule has 2 amide bonds. The van der Waals surface area contributed by atoms with Crippen molar-refractivity contribution in [2.45, 2.75) is 13.5 Å². The molecule has 5 nitrogen and oxygen atoms in total. The van der Waals surface area contributed by atoms with Crippen molar-refractivity contribution < 1.29 is 19.1 Å². The largest absolute Gasteiger partial charge is 0.427 e. The van der Waals surface area contributed by atoms with Gasteiger partial charge in [0.25, 0.3) is 11.1 Å². The summed E-state index contributed by atoms with van der Waals surface area (Å²) in [6.07, 6.45) is 1.63. The van der Waals surface area contributed by atoms with E-state index in [1.54, 1.807) is 54.6 Å². The number of carbonyl (C=O) groups excluding carboxylic acids is 3. The van der Waals surface area contributed by atoms with E-state index < -0.39 is 5.97 Å². The van der Waals surface area contributed by atoms with E-state index in [1.807, 2.05) is 0 Å². The predicted molar refractivity (Wildman–Crippen MR) is 101 cm³/mol. The molecule has 1 fully saturated rings. The molecule has 1 aliphatic heterocycles. The summed E-state index contributed by atoms with van der Waals surface area (Å²) >= 11 is 7.00. The molecule has 0 radical (unpaired) electrons. The SMILES string of the molecule is CC(=O)Oc1ccc(/C=C2/SC(=O)N(Cc3ccccc3Cl)C2=O)cc1. The molecule has 0 atom stereocenters. The number of carbonyl (C=O) groups is 3. The molecular weight excluding hydrogens is 374 g/mol. The first-order chi connectivity index (χ1) is 12.4. The van der Waals surface area contributed by atoms with Crippen LogP contribution in [0.15, 0.2) is 53.4 Å². The summed E-state index contributed by atoms with van der Waals surface area (Å²) in [5, 5.41) is 0.175. The Hall–Kier alpha value is -2.57. The number of hydrogen-bond donors (Lipinski definition) is 0. The minimum Gasteiger partial charge on any atom is -0.427 e. The maximum absolute atomic E-state index is 12.6. The van der Waals surface area contributed by atoms with Gasteiger partial charge in [-0.15, -0.1) is 0 Å². The Morgan fingerprint density at radius 3 is 2.50 bits per heavy atom. The zero-order valence-electron chi connectivity index (χ0n) is 13.8. The summed E-state index contributed by atoms with van der Waals surface area (Å²) in [5.41, 5.74) is 1.44. The average molecular weight is 388 g/mol. The Balaban J connectivity index is 1.76. The van der Waals surface area contributed by atoms with Crippen molar-refractivity contribution in [3.05, 3.63) is 69.6 Å². The highest BCUT2D eigenvalue weighted by atomic mass is 35.5. The molecule has 7 heteroatoms. The molecule has 1 saturated heterocycles. The Bertz CT molecular complexity index is 908. The van der Waals surface area contributed by atoms with Gasteiger partial charge in [0.05, 0.1) is 11.4 Å². The molecule has 2 aromatic carbocycles. The number of nitrogens with zero attached hydrogens (tertiary/aromatic N) is 1. The first-order valence-electron chi connectivity index (χ1n) is 7.71. The highest BCUT2D eigenvalue weighted by Gasteiger charge is 2.35. The Labute approximate surface area is 159 Å². The van der Waals surface area contributed by atoms with Crippen molar-refractivity contribution in [3.63, 3.8) is 0 Å². The van der Waals surface area contributed by atoms with Crippen LogP contribution in [0.3, 0.4) is 0 Å². The minimum atomic E-state index is -0.404. The number of thioether (sulfide) groups is 1. The number of halogens is 1. The van der Waals surface area contributed by atoms with Gasteiger partial charge in [0, 0.05) is 11.9 Å². The van der Waals surface area contributed by atoms with Crippen LogP contribution >= 0.6 is 23.4 Å². The lowest BCUT2D eigenvalue weighted by Gasteiger charge is -2.13. The van der Waals surface area contributed by atoms with Gasteiger partial charge in [-0.05, 0) is 47.2 Å². The lowest BCUT2D eigenvalue weighted by Crippen LogP contribution is -2.27. The average Bonchev–Trinajstić information content (AvgIpc) is 2.85. The van der Waals surface area contributed by atoms with Crippen LogP contribution in [0.25, 0.3) is 6.08 Å². The molecule has 1 heterocycles. The van der Waals surface area contributed by atoms with E-state index in [4.69, 9.17) is 16.3 Å². The number of imide groups is 1. The van der Waals surface area contributed by atoms with Gasteiger partial charge in [0.15, 0.2) is 0 Å². The summed E-state index contributed by atoms with van der Waals surface area (Å²) in [4.78, 5) is 37.2. The van der Waals surface area contributed by atoms with E-state index in [1.165, 1.54) is 11.8 Å². The highest BCUT2D eigenvalue weighted by Crippen LogP contribution is 2.34. The summed E-state index contributed by atoms with van der Waals surface area (Å²) in [5.74, 6) is -0.344. The predicted octanol–water partition coefficient (Wildman–Crippen LogP) is 4.50. The number of amides is 2. The van der Waals surface area contributed by atoms with Gasteiger partial charge >= 0.3 is 5.97 Å². The maximum Gasteiger partial charge on any atom is 0.308 e. The first kappa shape index (κ1) is 18.2. The molecule has 132 valence electrons. The van der Waals surface area contributed by atoms with E-state index in [2.05, 4.69) is 0 Å². The molecule has 2 aromatic rings. The van der Waals surface area contributed by atoms with Gasteiger partial charge in [-0.2, -0.15) is 0 Å². The van der Waals surface area contributed by atoms with Crippen molar-refractivity contribution in [3.8, 4) is 5.75 Å². The summed E-state index contributed by atoms with van der Waals surface area (Å²) in [6.45, 7) is 1.45. The van der Waals surface area contributed by atoms with E-state index in [9.17, 15) is 14.4 Å². The van der Waals surface area contributed by atoms with Gasteiger partial charge < -0.3 is 4.74 Å². The van der Waals surface area contributed by atoms with Crippen molar-refractivity contribution >= 4 is 46.6 Å². The normalized spacial score (nSPS) is 15.6. The zero-order chi connectivity index (χ0) is 18.7. The highest BCUT2D eigenvalue weighted by molar-refractivity contribution is 8.18. The smallest absolute Gasteiger partial charge is 0.308 e. The molecule has 0 saturated carbocycles. The van der Waals surface area contributed by atoms with Crippen molar-refractivity contribution in [2.75, 3.05) is 0 Å². The number of hydrogen-bond acceptors (Lipinski definition) is 5. The van der Waals surface area contributed by atoms with Crippen molar-refractivity contribution in [1.82, 2.24) is 4.90 Å². The number of esters is 1. The molecule has 3 rings (SSSR count). The van der Waals surface area contributed by atoms with Crippen LogP contribution < -0.4 is 4.74 Å². The molecule has 0 bridgehead atoms. The van der Waals surface area contributed by atoms with Gasteiger partial charge in [-0.3, -0.25) is 19.3 Å². The summed E-state index contributed by atoms with van der Waals surface area (Å²) in [7, 11) is 0. The maximum atomic E-state index is 12.6. The van der Waals surface area contributed by atoms with Crippen molar-refractivity contribution in [2.24, 2.45) is 0 Å². The van der Waals surface area contributed by atoms with Crippen LogP contribution in [0.4, 0.5) is 4.79 Å². The quantitative estimate of drug-likeness (QED) is 0.439. The molecule has 0 spiro atoms. The van der Waals surface area contributed by atoms with Gasteiger partial charge in [0.2, 0.25) is 0 Å². The fraction of sp³-hybridized carbons (Fsp3) is 0.105. The fourth-order valence-electron chi connectivity index (χ4n) is 2.38. The minimum absolute atomic E-state index is 0.132. The van der Waals surface area contributed by atoms with Crippen LogP contribution in [0.1, 0.15) is 18.1 Å². The standard InChI is InChI=1S/C19H14ClNO4S/c1-12(22)25-15-8-6-13(7-9-15)10-17-18(23)21(19(24)26-17)11-14-4-2-3-5-16(14)20/h2-10H,11H2,1H3/b17-10+. The second-order valence-corrected chi connectivity index (χ2v) is 6.92. The molecule has 1 aliphatic rings. The molecule has 0 unspecified atom stereocenters. The van der Waals surface area contributed by atoms with Crippen LogP contribution in [-0.2, 0) is 16.1 Å². The van der Waals surface area contributed by atoms with E-state index >= 15 is 0 Å². The van der Waals surface area contributed by atoms with Gasteiger partial charge in [0.1, 0.15) is 5.75 Å². The lowest BCUT2D eigenvalue weighted by molar-refractivity contribution is -0.131. The van der Waals surface area contributed by atoms with Crippen LogP contribution in [0, 0.1) is 0 Å². The monoisotopic (exact) mass is 387 g/mol. The molecule has 0 aromatic heterocycles. The summed E-state index contributed by atoms with van der Waals surface area (Å²) in [6, 6.07) is 13.8. The second-order valence-electron chi connectivity index (χ2n) is 5.52. The zero-order valence-corrected chi connectivity index (χ0v) is 15.3. The van der Waals surface area contributed by atoms with E-state index in [0.717, 1.165) is 17.3 Å².